The summed E-state index contributed by atoms with van der Waals surface area (Å²) >= 11 is 0. The van der Waals surface area contributed by atoms with Crippen molar-refractivity contribution in [3.8, 4) is 5.88 Å². The van der Waals surface area contributed by atoms with Gasteiger partial charge in [-0.05, 0) is 6.92 Å². The zero-order valence-corrected chi connectivity index (χ0v) is 14.4. The molecule has 8 nitrogen and oxygen atoms in total. The second kappa shape index (κ2) is 5.87. The second-order valence-corrected chi connectivity index (χ2v) is 6.96. The van der Waals surface area contributed by atoms with E-state index < -0.39 is 11.8 Å². The van der Waals surface area contributed by atoms with Gasteiger partial charge in [0, 0.05) is 18.4 Å². The molecule has 11 heteroatoms. The van der Waals surface area contributed by atoms with Crippen LogP contribution in [0.25, 0.3) is 11.2 Å². The third-order valence-electron chi connectivity index (χ3n) is 3.82. The molecule has 4 rings (SSSR count). The first-order chi connectivity index (χ1) is 11.9. The van der Waals surface area contributed by atoms with Gasteiger partial charge in [0.1, 0.15) is 17.2 Å². The summed E-state index contributed by atoms with van der Waals surface area (Å²) in [6.45, 7) is 2.00. The molecule has 1 aliphatic carbocycles. The predicted molar refractivity (Wildman–Crippen MR) is 90.0 cm³/mol. The minimum atomic E-state index is -2.59. The Morgan fingerprint density at radius 3 is 3.04 bits per heavy atom. The summed E-state index contributed by atoms with van der Waals surface area (Å²) in [6, 6.07) is 1.69. The van der Waals surface area contributed by atoms with Crippen LogP contribution in [0.4, 0.5) is 20.4 Å². The number of hydrogen-bond donors (Lipinski definition) is 2. The number of ether oxygens (including phenoxy) is 1. The summed E-state index contributed by atoms with van der Waals surface area (Å²) in [4.78, 5) is 8.67. The van der Waals surface area contributed by atoms with Gasteiger partial charge in [0.25, 0.3) is 5.92 Å². The average Bonchev–Trinajstić information content (AvgIpc) is 2.90. The number of alkyl halides is 2. The maximum absolute atomic E-state index is 13.1. The van der Waals surface area contributed by atoms with Crippen LogP contribution in [-0.4, -0.2) is 41.7 Å². The van der Waals surface area contributed by atoms with E-state index in [9.17, 15) is 8.78 Å². The zero-order chi connectivity index (χ0) is 17.6. The molecule has 0 radical (unpaired) electrons. The SMILES string of the molecule is CC(P)Oc1cc(Nc2cnc3cnn(C[C@@H]4CC4(F)F)c3n2)[nH]n1. The lowest BCUT2D eigenvalue weighted by molar-refractivity contribution is 0.0945. The zero-order valence-electron chi connectivity index (χ0n) is 13.3. The molecule has 3 atom stereocenters. The summed E-state index contributed by atoms with van der Waals surface area (Å²) < 4.78 is 33.2. The van der Waals surface area contributed by atoms with E-state index >= 15 is 0 Å². The smallest absolute Gasteiger partial charge is 0.253 e. The molecule has 3 aromatic rings. The van der Waals surface area contributed by atoms with Crippen LogP contribution < -0.4 is 10.1 Å². The van der Waals surface area contributed by atoms with Crippen LogP contribution in [0.15, 0.2) is 18.5 Å². The monoisotopic (exact) mass is 367 g/mol. The molecule has 3 aromatic heterocycles. The van der Waals surface area contributed by atoms with Crippen molar-refractivity contribution in [1.82, 2.24) is 29.9 Å². The van der Waals surface area contributed by atoms with Gasteiger partial charge in [0.15, 0.2) is 11.5 Å². The van der Waals surface area contributed by atoms with Crippen LogP contribution in [0, 0.1) is 5.92 Å². The van der Waals surface area contributed by atoms with E-state index in [0.717, 1.165) is 0 Å². The van der Waals surface area contributed by atoms with Crippen molar-refractivity contribution in [3.05, 3.63) is 18.5 Å². The highest BCUT2D eigenvalue weighted by Gasteiger charge is 2.57. The van der Waals surface area contributed by atoms with Crippen molar-refractivity contribution in [2.45, 2.75) is 31.7 Å². The molecule has 2 N–H and O–H groups in total. The standard InChI is InChI=1S/C14H16F2N7OP/c1-7(25)24-12-2-10(21-22-12)19-11-5-17-9-4-18-23(13(9)20-11)6-8-3-14(8,15)16/h2,4-5,7-8H,3,6,25H2,1H3,(H2,19,20,21,22)/t7?,8-/m0/s1. The van der Waals surface area contributed by atoms with Crippen molar-refractivity contribution in [1.29, 1.82) is 0 Å². The van der Waals surface area contributed by atoms with Gasteiger partial charge in [0.05, 0.1) is 18.9 Å². The summed E-state index contributed by atoms with van der Waals surface area (Å²) in [5.41, 5.74) is 1.02. The minimum Gasteiger partial charge on any atom is -0.470 e. The first-order valence-electron chi connectivity index (χ1n) is 7.72. The Balaban J connectivity index is 1.53. The maximum atomic E-state index is 13.1. The van der Waals surface area contributed by atoms with E-state index in [0.29, 0.717) is 28.7 Å². The molecule has 0 aromatic carbocycles. The quantitative estimate of drug-likeness (QED) is 0.651. The number of rotatable bonds is 6. The highest BCUT2D eigenvalue weighted by molar-refractivity contribution is 7.17. The fourth-order valence-electron chi connectivity index (χ4n) is 2.48. The number of hydrogen-bond acceptors (Lipinski definition) is 6. The number of anilines is 2. The van der Waals surface area contributed by atoms with Crippen LogP contribution in [0.3, 0.4) is 0 Å². The number of nitrogens with zero attached hydrogens (tertiary/aromatic N) is 5. The molecular weight excluding hydrogens is 351 g/mol. The van der Waals surface area contributed by atoms with Crippen LogP contribution in [-0.2, 0) is 6.54 Å². The molecule has 0 spiro atoms. The largest absolute Gasteiger partial charge is 0.470 e. The molecule has 1 saturated carbocycles. The first kappa shape index (κ1) is 16.1. The lowest BCUT2D eigenvalue weighted by atomic mass is 10.4. The maximum Gasteiger partial charge on any atom is 0.253 e. The average molecular weight is 367 g/mol. The van der Waals surface area contributed by atoms with Gasteiger partial charge in [-0.15, -0.1) is 5.10 Å². The summed E-state index contributed by atoms with van der Waals surface area (Å²) in [5, 5.41) is 13.9. The summed E-state index contributed by atoms with van der Waals surface area (Å²) in [5.74, 6) is -1.87. The van der Waals surface area contributed by atoms with Crippen molar-refractivity contribution >= 4 is 32.0 Å². The molecule has 1 fully saturated rings. The van der Waals surface area contributed by atoms with E-state index in [1.165, 1.54) is 10.9 Å². The summed E-state index contributed by atoms with van der Waals surface area (Å²) in [6.07, 6.45) is 2.96. The topological polar surface area (TPSA) is 93.5 Å². The molecule has 2 unspecified atom stereocenters. The Labute approximate surface area is 143 Å². The Hall–Kier alpha value is -2.35. The lowest BCUT2D eigenvalue weighted by Crippen LogP contribution is -2.08. The van der Waals surface area contributed by atoms with Gasteiger partial charge in [-0.2, -0.15) is 5.10 Å². The summed E-state index contributed by atoms with van der Waals surface area (Å²) in [7, 11) is 2.51. The second-order valence-electron chi connectivity index (χ2n) is 6.02. The highest BCUT2D eigenvalue weighted by Crippen LogP contribution is 2.49. The number of halogens is 2. The molecule has 0 aliphatic heterocycles. The number of nitrogens with one attached hydrogen (secondary N) is 2. The van der Waals surface area contributed by atoms with Crippen LogP contribution in [0.5, 0.6) is 5.88 Å². The van der Waals surface area contributed by atoms with E-state index in [-0.39, 0.29) is 18.8 Å². The molecule has 3 heterocycles. The van der Waals surface area contributed by atoms with Gasteiger partial charge in [-0.1, -0.05) is 9.24 Å². The fraction of sp³-hybridized carbons (Fsp3) is 0.429. The van der Waals surface area contributed by atoms with Gasteiger partial charge in [-0.25, -0.2) is 23.4 Å². The molecular formula is C14H16F2N7OP. The Morgan fingerprint density at radius 2 is 2.32 bits per heavy atom. The van der Waals surface area contributed by atoms with Gasteiger partial charge in [0.2, 0.25) is 5.88 Å². The Morgan fingerprint density at radius 1 is 1.52 bits per heavy atom. The normalized spacial score (nSPS) is 19.8. The van der Waals surface area contributed by atoms with Crippen molar-refractivity contribution < 1.29 is 13.5 Å². The number of H-pyrrole nitrogens is 1. The van der Waals surface area contributed by atoms with Gasteiger partial charge < -0.3 is 10.1 Å². The van der Waals surface area contributed by atoms with Crippen molar-refractivity contribution in [2.24, 2.45) is 5.92 Å². The van der Waals surface area contributed by atoms with E-state index in [1.807, 2.05) is 6.92 Å². The lowest BCUT2D eigenvalue weighted by Gasteiger charge is -2.05. The van der Waals surface area contributed by atoms with Gasteiger partial charge >= 0.3 is 0 Å². The molecule has 0 amide bonds. The highest BCUT2D eigenvalue weighted by atomic mass is 31.0. The first-order valence-corrected chi connectivity index (χ1v) is 8.38. The molecule has 132 valence electrons. The van der Waals surface area contributed by atoms with Crippen LogP contribution in [0.2, 0.25) is 0 Å². The fourth-order valence-corrected chi connectivity index (χ4v) is 2.61. The van der Waals surface area contributed by atoms with Crippen LogP contribution >= 0.6 is 9.24 Å². The van der Waals surface area contributed by atoms with Crippen molar-refractivity contribution in [3.63, 3.8) is 0 Å². The minimum absolute atomic E-state index is 0.0674. The molecule has 0 bridgehead atoms. The predicted octanol–water partition coefficient (Wildman–Crippen LogP) is 2.55. The number of aromatic amines is 1. The van der Waals surface area contributed by atoms with E-state index in [4.69, 9.17) is 4.74 Å². The molecule has 1 aliphatic rings. The van der Waals surface area contributed by atoms with Crippen LogP contribution in [0.1, 0.15) is 13.3 Å². The Kier molecular flexibility index (Phi) is 3.79. The third kappa shape index (κ3) is 3.39. The van der Waals surface area contributed by atoms with Crippen molar-refractivity contribution in [2.75, 3.05) is 5.32 Å². The van der Waals surface area contributed by atoms with Gasteiger partial charge in [-0.3, -0.25) is 5.10 Å². The Bertz CT molecular complexity index is 910. The number of aromatic nitrogens is 6. The van der Waals surface area contributed by atoms with E-state index in [1.54, 1.807) is 12.3 Å². The number of fused-ring (bicyclic) bond motifs is 1. The van der Waals surface area contributed by atoms with E-state index in [2.05, 4.69) is 39.8 Å². The molecule has 0 saturated heterocycles. The third-order valence-corrected chi connectivity index (χ3v) is 3.95. The molecule has 25 heavy (non-hydrogen) atoms.